The summed E-state index contributed by atoms with van der Waals surface area (Å²) in [6.45, 7) is 3.66. The third-order valence-corrected chi connectivity index (χ3v) is 5.82. The fourth-order valence-corrected chi connectivity index (χ4v) is 4.91. The van der Waals surface area contributed by atoms with Gasteiger partial charge in [0.1, 0.15) is 4.33 Å². The molecule has 1 heterocycles. The molecular weight excluding hydrogens is 245 g/mol. The first kappa shape index (κ1) is 11.6. The molecule has 0 bridgehead atoms. The molecule has 0 aromatic rings. The second kappa shape index (κ2) is 4.01. The number of alkyl halides is 2. The van der Waals surface area contributed by atoms with E-state index in [9.17, 15) is 0 Å². The van der Waals surface area contributed by atoms with E-state index in [1.807, 2.05) is 0 Å². The van der Waals surface area contributed by atoms with Crippen LogP contribution in [0, 0.1) is 5.92 Å². The normalized spacial score (nSPS) is 43.5. The topological polar surface area (TPSA) is 12.5 Å². The van der Waals surface area contributed by atoms with Crippen molar-refractivity contribution < 1.29 is 4.74 Å². The Hall–Kier alpha value is 0.500. The largest absolute Gasteiger partial charge is 0.379 e. The first-order valence-electron chi connectivity index (χ1n) is 6.40. The quantitative estimate of drug-likeness (QED) is 0.675. The van der Waals surface area contributed by atoms with Crippen LogP contribution in [0.1, 0.15) is 32.1 Å². The monoisotopic (exact) mass is 263 g/mol. The third-order valence-electron chi connectivity index (χ3n) is 4.63. The number of hydrogen-bond acceptors (Lipinski definition) is 2. The lowest BCUT2D eigenvalue weighted by Gasteiger charge is -2.36. The average molecular weight is 264 g/mol. The standard InChI is InChI=1S/C12H19Cl2NO/c13-12(14)10-4-2-1-3-5-11(10,12)15-6-8-16-9-7-15/h10H,1-9H2. The highest BCUT2D eigenvalue weighted by atomic mass is 35.5. The number of hydrogen-bond donors (Lipinski definition) is 0. The molecule has 2 atom stereocenters. The predicted octanol–water partition coefficient (Wildman–Crippen LogP) is 2.83. The fraction of sp³-hybridized carbons (Fsp3) is 1.00. The Kier molecular flexibility index (Phi) is 2.90. The van der Waals surface area contributed by atoms with Gasteiger partial charge in [0.2, 0.25) is 0 Å². The molecular formula is C12H19Cl2NO. The lowest BCUT2D eigenvalue weighted by Crippen LogP contribution is -2.48. The van der Waals surface area contributed by atoms with E-state index >= 15 is 0 Å². The van der Waals surface area contributed by atoms with Crippen LogP contribution in [0.3, 0.4) is 0 Å². The summed E-state index contributed by atoms with van der Waals surface area (Å²) in [7, 11) is 0. The summed E-state index contributed by atoms with van der Waals surface area (Å²) >= 11 is 13.1. The molecule has 0 aromatic heterocycles. The van der Waals surface area contributed by atoms with Crippen LogP contribution >= 0.6 is 23.2 Å². The summed E-state index contributed by atoms with van der Waals surface area (Å²) < 4.78 is 4.93. The van der Waals surface area contributed by atoms with Crippen molar-refractivity contribution >= 4 is 23.2 Å². The maximum absolute atomic E-state index is 6.56. The van der Waals surface area contributed by atoms with Gasteiger partial charge >= 0.3 is 0 Å². The van der Waals surface area contributed by atoms with Crippen LogP contribution in [0.5, 0.6) is 0 Å². The Morgan fingerprint density at radius 1 is 1.06 bits per heavy atom. The summed E-state index contributed by atoms with van der Waals surface area (Å²) in [5.41, 5.74) is 0.0798. The van der Waals surface area contributed by atoms with E-state index < -0.39 is 4.33 Å². The van der Waals surface area contributed by atoms with Crippen molar-refractivity contribution in [3.63, 3.8) is 0 Å². The molecule has 2 saturated carbocycles. The number of halogens is 2. The Labute approximate surface area is 107 Å². The Morgan fingerprint density at radius 3 is 2.56 bits per heavy atom. The second-order valence-corrected chi connectivity index (χ2v) is 6.68. The van der Waals surface area contributed by atoms with Crippen LogP contribution in [0.4, 0.5) is 0 Å². The van der Waals surface area contributed by atoms with Gasteiger partial charge < -0.3 is 4.74 Å². The zero-order chi connectivity index (χ0) is 11.2. The highest BCUT2D eigenvalue weighted by Crippen LogP contribution is 2.70. The highest BCUT2D eigenvalue weighted by Gasteiger charge is 2.77. The van der Waals surface area contributed by atoms with Crippen molar-refractivity contribution in [3.05, 3.63) is 0 Å². The first-order chi connectivity index (χ1) is 7.69. The summed E-state index contributed by atoms with van der Waals surface area (Å²) in [5.74, 6) is 0.490. The zero-order valence-electron chi connectivity index (χ0n) is 9.55. The number of rotatable bonds is 1. The molecule has 0 amide bonds. The second-order valence-electron chi connectivity index (χ2n) is 5.30. The zero-order valence-corrected chi connectivity index (χ0v) is 11.1. The van der Waals surface area contributed by atoms with Gasteiger partial charge in [0.25, 0.3) is 0 Å². The molecule has 0 N–H and O–H groups in total. The van der Waals surface area contributed by atoms with E-state index in [1.165, 1.54) is 32.1 Å². The average Bonchev–Trinajstić information content (AvgIpc) is 2.87. The number of morpholine rings is 1. The summed E-state index contributed by atoms with van der Waals surface area (Å²) in [4.78, 5) is 2.51. The van der Waals surface area contributed by atoms with Crippen LogP contribution in [0.2, 0.25) is 0 Å². The summed E-state index contributed by atoms with van der Waals surface area (Å²) in [6, 6.07) is 0. The van der Waals surface area contributed by atoms with E-state index in [4.69, 9.17) is 27.9 Å². The van der Waals surface area contributed by atoms with Crippen LogP contribution in [0.25, 0.3) is 0 Å². The Bertz CT molecular complexity index is 278. The van der Waals surface area contributed by atoms with Crippen molar-refractivity contribution in [2.45, 2.75) is 42.0 Å². The highest BCUT2D eigenvalue weighted by molar-refractivity contribution is 6.52. The van der Waals surface area contributed by atoms with Gasteiger partial charge in [0.15, 0.2) is 0 Å². The lowest BCUT2D eigenvalue weighted by atomic mass is 10.1. The molecule has 3 fully saturated rings. The van der Waals surface area contributed by atoms with Gasteiger partial charge in [0.05, 0.1) is 18.8 Å². The lowest BCUT2D eigenvalue weighted by molar-refractivity contribution is 0.00267. The maximum Gasteiger partial charge on any atom is 0.141 e. The van der Waals surface area contributed by atoms with E-state index in [0.717, 1.165) is 26.3 Å². The molecule has 4 heteroatoms. The first-order valence-corrected chi connectivity index (χ1v) is 7.16. The van der Waals surface area contributed by atoms with Gasteiger partial charge in [-0.05, 0) is 12.8 Å². The van der Waals surface area contributed by atoms with Crippen LogP contribution in [-0.2, 0) is 4.74 Å². The van der Waals surface area contributed by atoms with Crippen molar-refractivity contribution in [3.8, 4) is 0 Å². The molecule has 3 aliphatic rings. The number of ether oxygens (including phenoxy) is 1. The molecule has 92 valence electrons. The van der Waals surface area contributed by atoms with E-state index in [-0.39, 0.29) is 5.54 Å². The van der Waals surface area contributed by atoms with Crippen molar-refractivity contribution in [2.75, 3.05) is 26.3 Å². The van der Waals surface area contributed by atoms with Gasteiger partial charge in [-0.15, -0.1) is 0 Å². The van der Waals surface area contributed by atoms with Crippen LogP contribution < -0.4 is 0 Å². The Balaban J connectivity index is 1.83. The molecule has 2 nitrogen and oxygen atoms in total. The van der Waals surface area contributed by atoms with Gasteiger partial charge in [-0.3, -0.25) is 4.90 Å². The minimum Gasteiger partial charge on any atom is -0.379 e. The molecule has 2 aliphatic carbocycles. The van der Waals surface area contributed by atoms with Crippen molar-refractivity contribution in [2.24, 2.45) is 5.92 Å². The summed E-state index contributed by atoms with van der Waals surface area (Å²) in [6.07, 6.45) is 6.27. The molecule has 1 aliphatic heterocycles. The predicted molar refractivity (Wildman–Crippen MR) is 66.1 cm³/mol. The Morgan fingerprint density at radius 2 is 1.81 bits per heavy atom. The molecule has 3 rings (SSSR count). The van der Waals surface area contributed by atoms with Crippen LogP contribution in [0.15, 0.2) is 0 Å². The minimum atomic E-state index is -0.495. The molecule has 16 heavy (non-hydrogen) atoms. The SMILES string of the molecule is ClC1(Cl)C2CCCCCC21N1CCOCC1. The van der Waals surface area contributed by atoms with E-state index in [2.05, 4.69) is 4.90 Å². The molecule has 0 radical (unpaired) electrons. The minimum absolute atomic E-state index is 0.0798. The van der Waals surface area contributed by atoms with Gasteiger partial charge in [-0.25, -0.2) is 0 Å². The van der Waals surface area contributed by atoms with Gasteiger partial charge in [0, 0.05) is 19.0 Å². The smallest absolute Gasteiger partial charge is 0.141 e. The number of nitrogens with zero attached hydrogens (tertiary/aromatic N) is 1. The molecule has 0 spiro atoms. The molecule has 0 aromatic carbocycles. The van der Waals surface area contributed by atoms with E-state index in [0.29, 0.717) is 5.92 Å². The van der Waals surface area contributed by atoms with E-state index in [1.54, 1.807) is 0 Å². The van der Waals surface area contributed by atoms with Gasteiger partial charge in [-0.2, -0.15) is 0 Å². The third kappa shape index (κ3) is 1.46. The van der Waals surface area contributed by atoms with Crippen molar-refractivity contribution in [1.82, 2.24) is 4.90 Å². The summed E-state index contributed by atoms with van der Waals surface area (Å²) in [5, 5.41) is 0. The number of fused-ring (bicyclic) bond motifs is 1. The molecule has 2 unspecified atom stereocenters. The van der Waals surface area contributed by atoms with Crippen molar-refractivity contribution in [1.29, 1.82) is 0 Å². The fourth-order valence-electron chi connectivity index (χ4n) is 3.75. The van der Waals surface area contributed by atoms with Crippen LogP contribution in [-0.4, -0.2) is 41.1 Å². The van der Waals surface area contributed by atoms with Gasteiger partial charge in [-0.1, -0.05) is 42.5 Å². The maximum atomic E-state index is 6.56. The molecule has 1 saturated heterocycles.